The Morgan fingerprint density at radius 2 is 1.86 bits per heavy atom. The molecule has 2 N–H and O–H groups in total. The molecule has 0 atom stereocenters. The monoisotopic (exact) mass is 358 g/mol. The van der Waals surface area contributed by atoms with E-state index in [0.29, 0.717) is 5.75 Å². The molecule has 0 radical (unpaired) electrons. The largest absolute Gasteiger partial charge is 0.483 e. The summed E-state index contributed by atoms with van der Waals surface area (Å²) in [6, 6.07) is 5.42. The van der Waals surface area contributed by atoms with Crippen molar-refractivity contribution >= 4 is 33.7 Å². The van der Waals surface area contributed by atoms with Crippen LogP contribution in [-0.4, -0.2) is 31.5 Å². The van der Waals surface area contributed by atoms with E-state index >= 15 is 0 Å². The van der Waals surface area contributed by atoms with Gasteiger partial charge in [-0.05, 0) is 40.5 Å². The minimum absolute atomic E-state index is 0.278. The fourth-order valence-electron chi connectivity index (χ4n) is 1.29. The van der Waals surface area contributed by atoms with Crippen molar-refractivity contribution in [1.82, 2.24) is 10.9 Å². The minimum Gasteiger partial charge on any atom is -0.483 e. The molecule has 0 bridgehead atoms. The fourth-order valence-corrected chi connectivity index (χ4v) is 1.90. The summed E-state index contributed by atoms with van der Waals surface area (Å²) in [5, 5.41) is 0. The van der Waals surface area contributed by atoms with Crippen molar-refractivity contribution in [1.29, 1.82) is 0 Å². The van der Waals surface area contributed by atoms with E-state index in [0.717, 1.165) is 10.0 Å². The van der Waals surface area contributed by atoms with E-state index in [-0.39, 0.29) is 6.61 Å². The zero-order valence-corrected chi connectivity index (χ0v) is 13.2. The molecule has 0 saturated carbocycles. The third kappa shape index (κ3) is 6.26. The molecule has 1 aromatic rings. The molecule has 0 aliphatic heterocycles. The third-order valence-corrected chi connectivity index (χ3v) is 2.94. The zero-order valence-electron chi connectivity index (χ0n) is 11.6. The third-order valence-electron chi connectivity index (χ3n) is 2.32. The molecule has 7 nitrogen and oxygen atoms in total. The summed E-state index contributed by atoms with van der Waals surface area (Å²) in [6.07, 6.45) is -0.471. The van der Waals surface area contributed by atoms with E-state index in [2.05, 4.69) is 31.5 Å². The van der Waals surface area contributed by atoms with E-state index in [1.54, 1.807) is 6.07 Å². The average Bonchev–Trinajstić information content (AvgIpc) is 2.44. The van der Waals surface area contributed by atoms with Crippen molar-refractivity contribution in [3.8, 4) is 5.75 Å². The second kappa shape index (κ2) is 8.25. The number of carbonyl (C=O) groups is 3. The first-order chi connectivity index (χ1) is 9.92. The molecular weight excluding hydrogens is 344 g/mol. The molecule has 0 aromatic heterocycles. The van der Waals surface area contributed by atoms with Gasteiger partial charge in [-0.1, -0.05) is 6.07 Å². The van der Waals surface area contributed by atoms with Crippen molar-refractivity contribution in [2.45, 2.75) is 13.3 Å². The number of hydrogen-bond donors (Lipinski definition) is 2. The lowest BCUT2D eigenvalue weighted by atomic mass is 10.2. The van der Waals surface area contributed by atoms with E-state index in [4.69, 9.17) is 4.74 Å². The number of rotatable bonds is 5. The average molecular weight is 359 g/mol. The molecular formula is C13H15BrN2O5. The molecule has 0 aliphatic rings. The van der Waals surface area contributed by atoms with Crippen molar-refractivity contribution in [2.75, 3.05) is 13.7 Å². The number of amides is 2. The molecule has 21 heavy (non-hydrogen) atoms. The van der Waals surface area contributed by atoms with Crippen molar-refractivity contribution < 1.29 is 23.9 Å². The Morgan fingerprint density at radius 1 is 1.19 bits per heavy atom. The Morgan fingerprint density at radius 3 is 2.48 bits per heavy atom. The standard InChI is InChI=1S/C13H15BrN2O5/c1-8-3-4-10(9(14)5-8)21-7-12(18)16-15-11(17)6-13(19)20-2/h3-5H,6-7H2,1-2H3,(H,15,17)(H,16,18). The predicted octanol–water partition coefficient (Wildman–Crippen LogP) is 0.847. The van der Waals surface area contributed by atoms with Gasteiger partial charge in [0.1, 0.15) is 12.2 Å². The maximum Gasteiger partial charge on any atom is 0.315 e. The lowest BCUT2D eigenvalue weighted by Crippen LogP contribution is -2.44. The Kier molecular flexibility index (Phi) is 6.67. The van der Waals surface area contributed by atoms with Gasteiger partial charge in [0.2, 0.25) is 5.91 Å². The van der Waals surface area contributed by atoms with Gasteiger partial charge in [0.25, 0.3) is 5.91 Å². The Hall–Kier alpha value is -2.09. The van der Waals surface area contributed by atoms with E-state index in [1.165, 1.54) is 7.11 Å². The first kappa shape index (κ1) is 17.0. The second-order valence-electron chi connectivity index (χ2n) is 4.07. The quantitative estimate of drug-likeness (QED) is 0.462. The summed E-state index contributed by atoms with van der Waals surface area (Å²) in [6.45, 7) is 1.65. The number of ether oxygens (including phenoxy) is 2. The highest BCUT2D eigenvalue weighted by Gasteiger charge is 2.11. The normalized spacial score (nSPS) is 9.67. The number of methoxy groups -OCH3 is 1. The van der Waals surface area contributed by atoms with Gasteiger partial charge < -0.3 is 9.47 Å². The van der Waals surface area contributed by atoms with E-state index < -0.39 is 24.2 Å². The van der Waals surface area contributed by atoms with Crippen LogP contribution in [0, 0.1) is 6.92 Å². The molecule has 114 valence electrons. The highest BCUT2D eigenvalue weighted by molar-refractivity contribution is 9.10. The number of aryl methyl sites for hydroxylation is 1. The van der Waals surface area contributed by atoms with Gasteiger partial charge in [0.05, 0.1) is 11.6 Å². The van der Waals surface area contributed by atoms with Gasteiger partial charge in [-0.2, -0.15) is 0 Å². The van der Waals surface area contributed by atoms with E-state index in [1.807, 2.05) is 19.1 Å². The Balaban J connectivity index is 2.34. The summed E-state index contributed by atoms with van der Waals surface area (Å²) in [7, 11) is 1.17. The smallest absolute Gasteiger partial charge is 0.315 e. The summed E-state index contributed by atoms with van der Waals surface area (Å²) in [5.74, 6) is -1.41. The van der Waals surface area contributed by atoms with Crippen molar-refractivity contribution in [3.05, 3.63) is 28.2 Å². The Bertz CT molecular complexity index is 547. The van der Waals surface area contributed by atoms with E-state index in [9.17, 15) is 14.4 Å². The highest BCUT2D eigenvalue weighted by atomic mass is 79.9. The minimum atomic E-state index is -0.693. The van der Waals surface area contributed by atoms with Crippen molar-refractivity contribution in [3.63, 3.8) is 0 Å². The van der Waals surface area contributed by atoms with Crippen LogP contribution in [-0.2, 0) is 19.1 Å². The van der Waals surface area contributed by atoms with Crippen LogP contribution < -0.4 is 15.6 Å². The maximum atomic E-state index is 11.5. The van der Waals surface area contributed by atoms with Gasteiger partial charge in [-0.15, -0.1) is 0 Å². The summed E-state index contributed by atoms with van der Waals surface area (Å²) in [4.78, 5) is 33.5. The molecule has 1 aromatic carbocycles. The summed E-state index contributed by atoms with van der Waals surface area (Å²) < 4.78 is 10.3. The fraction of sp³-hybridized carbons (Fsp3) is 0.308. The second-order valence-corrected chi connectivity index (χ2v) is 4.93. The molecule has 0 spiro atoms. The predicted molar refractivity (Wildman–Crippen MR) is 77.3 cm³/mol. The summed E-state index contributed by atoms with van der Waals surface area (Å²) >= 11 is 3.32. The number of benzene rings is 1. The van der Waals surface area contributed by atoms with Crippen LogP contribution in [0.1, 0.15) is 12.0 Å². The first-order valence-electron chi connectivity index (χ1n) is 5.96. The lowest BCUT2D eigenvalue weighted by molar-refractivity contribution is -0.144. The zero-order chi connectivity index (χ0) is 15.8. The van der Waals surface area contributed by atoms with Crippen LogP contribution in [0.5, 0.6) is 5.75 Å². The number of esters is 1. The van der Waals surface area contributed by atoms with Crippen molar-refractivity contribution in [2.24, 2.45) is 0 Å². The van der Waals surface area contributed by atoms with Crippen LogP contribution in [0.25, 0.3) is 0 Å². The molecule has 0 unspecified atom stereocenters. The number of halogens is 1. The van der Waals surface area contributed by atoms with Gasteiger partial charge >= 0.3 is 5.97 Å². The molecule has 0 heterocycles. The first-order valence-corrected chi connectivity index (χ1v) is 6.75. The molecule has 0 saturated heterocycles. The van der Waals surface area contributed by atoms with Crippen LogP contribution >= 0.6 is 15.9 Å². The molecule has 1 rings (SSSR count). The highest BCUT2D eigenvalue weighted by Crippen LogP contribution is 2.25. The Labute approximate surface area is 130 Å². The van der Waals surface area contributed by atoms with Gasteiger partial charge in [-0.25, -0.2) is 0 Å². The van der Waals surface area contributed by atoms with Crippen LogP contribution in [0.2, 0.25) is 0 Å². The number of hydrogen-bond acceptors (Lipinski definition) is 5. The van der Waals surface area contributed by atoms with Gasteiger partial charge in [0.15, 0.2) is 6.61 Å². The summed E-state index contributed by atoms with van der Waals surface area (Å²) in [5.41, 5.74) is 5.25. The van der Waals surface area contributed by atoms with Gasteiger partial charge in [-0.3, -0.25) is 25.2 Å². The number of hydrazine groups is 1. The van der Waals surface area contributed by atoms with Crippen LogP contribution in [0.4, 0.5) is 0 Å². The molecule has 2 amide bonds. The lowest BCUT2D eigenvalue weighted by Gasteiger charge is -2.10. The van der Waals surface area contributed by atoms with Crippen LogP contribution in [0.15, 0.2) is 22.7 Å². The molecule has 0 fully saturated rings. The van der Waals surface area contributed by atoms with Crippen LogP contribution in [0.3, 0.4) is 0 Å². The maximum absolute atomic E-state index is 11.5. The molecule has 8 heteroatoms. The van der Waals surface area contributed by atoms with Gasteiger partial charge in [0, 0.05) is 0 Å². The SMILES string of the molecule is COC(=O)CC(=O)NNC(=O)COc1ccc(C)cc1Br. The molecule has 0 aliphatic carbocycles. The topological polar surface area (TPSA) is 93.7 Å². The number of nitrogens with one attached hydrogen (secondary N) is 2. The number of carbonyl (C=O) groups excluding carboxylic acids is 3.